The molecule has 0 spiro atoms. The normalized spacial score (nSPS) is 11.0. The number of fused-ring (bicyclic) bond motifs is 1. The minimum atomic E-state index is 0.511. The molecule has 0 atom stereocenters. The molecule has 0 aliphatic carbocycles. The summed E-state index contributed by atoms with van der Waals surface area (Å²) in [5.41, 5.74) is 5.10. The molecule has 0 amide bonds. The van der Waals surface area contributed by atoms with Crippen molar-refractivity contribution in [1.29, 1.82) is 0 Å². The number of nitrogens with zero attached hydrogens (tertiary/aromatic N) is 2. The third-order valence-corrected chi connectivity index (χ3v) is 5.82. The predicted molar refractivity (Wildman–Crippen MR) is 133 cm³/mol. The fourth-order valence-corrected chi connectivity index (χ4v) is 4.03. The third-order valence-electron chi connectivity index (χ3n) is 5.57. The molecule has 0 fully saturated rings. The zero-order chi connectivity index (χ0) is 22.6. The van der Waals surface area contributed by atoms with Crippen LogP contribution < -0.4 is 9.47 Å². The number of halogens is 1. The summed E-state index contributed by atoms with van der Waals surface area (Å²) >= 11 is 6.10. The number of imidazole rings is 1. The van der Waals surface area contributed by atoms with Gasteiger partial charge in [-0.15, -0.1) is 0 Å². The molecule has 5 rings (SSSR count). The Labute approximate surface area is 198 Å². The molecule has 1 heterocycles. The van der Waals surface area contributed by atoms with E-state index in [1.807, 2.05) is 78.9 Å². The molecule has 164 valence electrons. The fraction of sp³-hybridized carbons (Fsp3) is 0.107. The lowest BCUT2D eigenvalue weighted by molar-refractivity contribution is 0.306. The lowest BCUT2D eigenvalue weighted by Crippen LogP contribution is -2.03. The minimum Gasteiger partial charge on any atom is -0.496 e. The van der Waals surface area contributed by atoms with Crippen LogP contribution in [0, 0.1) is 0 Å². The summed E-state index contributed by atoms with van der Waals surface area (Å²) in [6, 6.07) is 32.0. The largest absolute Gasteiger partial charge is 0.496 e. The zero-order valence-corrected chi connectivity index (χ0v) is 19.0. The highest BCUT2D eigenvalue weighted by Gasteiger charge is 2.17. The summed E-state index contributed by atoms with van der Waals surface area (Å²) in [7, 11) is 1.68. The Morgan fingerprint density at radius 2 is 1.58 bits per heavy atom. The van der Waals surface area contributed by atoms with Crippen LogP contribution in [-0.2, 0) is 13.2 Å². The van der Waals surface area contributed by atoms with E-state index in [9.17, 15) is 0 Å². The van der Waals surface area contributed by atoms with Crippen molar-refractivity contribution in [3.8, 4) is 22.9 Å². The van der Waals surface area contributed by atoms with Crippen molar-refractivity contribution in [2.24, 2.45) is 0 Å². The van der Waals surface area contributed by atoms with Crippen LogP contribution in [0.2, 0.25) is 5.02 Å². The van der Waals surface area contributed by atoms with E-state index < -0.39 is 0 Å². The van der Waals surface area contributed by atoms with Crippen LogP contribution in [0.4, 0.5) is 0 Å². The van der Waals surface area contributed by atoms with Gasteiger partial charge in [0.25, 0.3) is 0 Å². The second-order valence-electron chi connectivity index (χ2n) is 7.77. The van der Waals surface area contributed by atoms with Gasteiger partial charge in [-0.1, -0.05) is 66.2 Å². The average Bonchev–Trinajstić information content (AvgIpc) is 3.22. The number of hydrogen-bond acceptors (Lipinski definition) is 3. The van der Waals surface area contributed by atoms with Gasteiger partial charge in [-0.25, -0.2) is 4.98 Å². The van der Waals surface area contributed by atoms with Crippen LogP contribution in [0.5, 0.6) is 11.5 Å². The van der Waals surface area contributed by atoms with Crippen LogP contribution >= 0.6 is 11.6 Å². The molecule has 0 saturated heterocycles. The number of hydrogen-bond donors (Lipinski definition) is 0. The molecular formula is C28H23ClN2O2. The van der Waals surface area contributed by atoms with Gasteiger partial charge >= 0.3 is 0 Å². The van der Waals surface area contributed by atoms with Gasteiger partial charge in [-0.05, 0) is 47.5 Å². The Bertz CT molecular complexity index is 1380. The summed E-state index contributed by atoms with van der Waals surface area (Å²) in [4.78, 5) is 5.00. The number of benzene rings is 4. The first-order valence-electron chi connectivity index (χ1n) is 10.8. The zero-order valence-electron chi connectivity index (χ0n) is 18.2. The maximum atomic E-state index is 6.10. The Kier molecular flexibility index (Phi) is 6.01. The number of methoxy groups -OCH3 is 1. The molecule has 0 radical (unpaired) electrons. The van der Waals surface area contributed by atoms with E-state index in [1.54, 1.807) is 7.11 Å². The van der Waals surface area contributed by atoms with Crippen molar-refractivity contribution in [2.75, 3.05) is 7.11 Å². The molecule has 4 aromatic carbocycles. The average molecular weight is 455 g/mol. The number of ether oxygens (including phenoxy) is 2. The van der Waals surface area contributed by atoms with Gasteiger partial charge in [0.1, 0.15) is 23.9 Å². The molecule has 0 unspecified atom stereocenters. The fourth-order valence-electron chi connectivity index (χ4n) is 3.91. The van der Waals surface area contributed by atoms with E-state index in [-0.39, 0.29) is 0 Å². The topological polar surface area (TPSA) is 36.3 Å². The summed E-state index contributed by atoms with van der Waals surface area (Å²) in [6.45, 7) is 1.17. The van der Waals surface area contributed by atoms with Gasteiger partial charge in [0.05, 0.1) is 23.7 Å². The molecule has 5 aromatic rings. The van der Waals surface area contributed by atoms with E-state index in [0.717, 1.165) is 50.1 Å². The van der Waals surface area contributed by atoms with Crippen molar-refractivity contribution in [3.63, 3.8) is 0 Å². The molecule has 5 heteroatoms. The van der Waals surface area contributed by atoms with Gasteiger partial charge in [-0.2, -0.15) is 0 Å². The molecule has 4 nitrogen and oxygen atoms in total. The van der Waals surface area contributed by atoms with Crippen LogP contribution in [0.25, 0.3) is 22.4 Å². The number of para-hydroxylation sites is 1. The van der Waals surface area contributed by atoms with Crippen molar-refractivity contribution < 1.29 is 9.47 Å². The van der Waals surface area contributed by atoms with Gasteiger partial charge < -0.3 is 14.0 Å². The Morgan fingerprint density at radius 3 is 2.36 bits per heavy atom. The molecule has 33 heavy (non-hydrogen) atoms. The van der Waals surface area contributed by atoms with E-state index >= 15 is 0 Å². The number of rotatable bonds is 7. The van der Waals surface area contributed by atoms with E-state index in [0.29, 0.717) is 13.2 Å². The Morgan fingerprint density at radius 1 is 0.818 bits per heavy atom. The van der Waals surface area contributed by atoms with Crippen LogP contribution in [0.3, 0.4) is 0 Å². The monoisotopic (exact) mass is 454 g/mol. The highest BCUT2D eigenvalue weighted by molar-refractivity contribution is 6.30. The molecule has 0 saturated carbocycles. The van der Waals surface area contributed by atoms with Gasteiger partial charge in [0.15, 0.2) is 0 Å². The molecule has 0 aliphatic heterocycles. The van der Waals surface area contributed by atoms with Gasteiger partial charge in [-0.3, -0.25) is 0 Å². The first kappa shape index (κ1) is 21.1. The Balaban J connectivity index is 1.56. The van der Waals surface area contributed by atoms with E-state index in [4.69, 9.17) is 26.1 Å². The summed E-state index contributed by atoms with van der Waals surface area (Å²) in [5.74, 6) is 2.41. The molecular weight excluding hydrogens is 432 g/mol. The third kappa shape index (κ3) is 4.57. The predicted octanol–water partition coefficient (Wildman–Crippen LogP) is 6.99. The van der Waals surface area contributed by atoms with Crippen molar-refractivity contribution in [3.05, 3.63) is 113 Å². The van der Waals surface area contributed by atoms with Gasteiger partial charge in [0, 0.05) is 17.6 Å². The summed E-state index contributed by atoms with van der Waals surface area (Å²) < 4.78 is 13.9. The smallest absolute Gasteiger partial charge is 0.145 e. The van der Waals surface area contributed by atoms with E-state index in [2.05, 4.69) is 22.8 Å². The minimum absolute atomic E-state index is 0.511. The van der Waals surface area contributed by atoms with Crippen molar-refractivity contribution in [1.82, 2.24) is 9.55 Å². The first-order valence-corrected chi connectivity index (χ1v) is 11.1. The van der Waals surface area contributed by atoms with Gasteiger partial charge in [0.2, 0.25) is 0 Å². The van der Waals surface area contributed by atoms with E-state index in [1.165, 1.54) is 0 Å². The first-order chi connectivity index (χ1) is 16.2. The molecule has 0 N–H and O–H groups in total. The standard InChI is InChI=1S/C28H23ClN2O2/c1-32-27-10-6-5-9-24(27)28-30-25-17-23(33-19-21-7-3-2-4-8-21)15-16-26(25)31(28)18-20-11-13-22(29)14-12-20/h2-17H,18-19H2,1H3. The molecule has 0 bridgehead atoms. The summed E-state index contributed by atoms with van der Waals surface area (Å²) in [6.07, 6.45) is 0. The quantitative estimate of drug-likeness (QED) is 0.266. The van der Waals surface area contributed by atoms with Crippen molar-refractivity contribution in [2.45, 2.75) is 13.2 Å². The second kappa shape index (κ2) is 9.39. The van der Waals surface area contributed by atoms with Crippen LogP contribution in [0.1, 0.15) is 11.1 Å². The van der Waals surface area contributed by atoms with Crippen molar-refractivity contribution >= 4 is 22.6 Å². The number of aromatic nitrogens is 2. The lowest BCUT2D eigenvalue weighted by atomic mass is 10.1. The lowest BCUT2D eigenvalue weighted by Gasteiger charge is -2.12. The highest BCUT2D eigenvalue weighted by atomic mass is 35.5. The molecule has 0 aliphatic rings. The maximum absolute atomic E-state index is 6.10. The van der Waals surface area contributed by atoms with Crippen LogP contribution in [-0.4, -0.2) is 16.7 Å². The van der Waals surface area contributed by atoms with Crippen LogP contribution in [0.15, 0.2) is 97.1 Å². The molecule has 1 aromatic heterocycles. The second-order valence-corrected chi connectivity index (χ2v) is 8.21. The Hall–Kier alpha value is -3.76. The summed E-state index contributed by atoms with van der Waals surface area (Å²) in [5, 5.41) is 0.722. The maximum Gasteiger partial charge on any atom is 0.145 e. The highest BCUT2D eigenvalue weighted by Crippen LogP contribution is 2.33. The SMILES string of the molecule is COc1ccccc1-c1nc2cc(OCc3ccccc3)ccc2n1Cc1ccc(Cl)cc1.